The first-order valence-electron chi connectivity index (χ1n) is 5.39. The van der Waals surface area contributed by atoms with Crippen LogP contribution in [0.15, 0.2) is 24.3 Å². The highest BCUT2D eigenvalue weighted by atomic mass is 79.9. The van der Waals surface area contributed by atoms with Crippen LogP contribution >= 0.6 is 43.5 Å². The normalized spacial score (nSPS) is 12.7. The van der Waals surface area contributed by atoms with Gasteiger partial charge in [0.15, 0.2) is 0 Å². The van der Waals surface area contributed by atoms with Gasteiger partial charge in [-0.15, -0.1) is 0 Å². The fourth-order valence-corrected chi connectivity index (χ4v) is 4.76. The third kappa shape index (κ3) is 4.51. The smallest absolute Gasteiger partial charge is 0.147 e. The maximum absolute atomic E-state index is 11.4. The van der Waals surface area contributed by atoms with Crippen molar-refractivity contribution in [2.24, 2.45) is 0 Å². The molecule has 1 aromatic carbocycles. The van der Waals surface area contributed by atoms with Crippen LogP contribution in [0, 0.1) is 0 Å². The largest absolute Gasteiger partial charge is 0.229 e. The van der Waals surface area contributed by atoms with E-state index in [1.165, 1.54) is 6.26 Å². The summed E-state index contributed by atoms with van der Waals surface area (Å²) in [5.41, 5.74) is 0.793. The van der Waals surface area contributed by atoms with E-state index in [-0.39, 0.29) is 11.2 Å². The van der Waals surface area contributed by atoms with E-state index in [2.05, 4.69) is 31.9 Å². The summed E-state index contributed by atoms with van der Waals surface area (Å²) in [5, 5.41) is 2.03. The van der Waals surface area contributed by atoms with E-state index in [0.717, 1.165) is 5.56 Å². The molecular formula is C12H15Br2ClO2S. The number of hydrogen-bond acceptors (Lipinski definition) is 2. The number of benzene rings is 1. The molecule has 1 rings (SSSR count). The molecule has 0 unspecified atom stereocenters. The van der Waals surface area contributed by atoms with Crippen molar-refractivity contribution in [3.63, 3.8) is 0 Å². The Hall–Kier alpha value is 0.420. The Bertz CT molecular complexity index is 499. The summed E-state index contributed by atoms with van der Waals surface area (Å²) in [4.78, 5) is 0. The van der Waals surface area contributed by atoms with Crippen LogP contribution in [0.25, 0.3) is 0 Å². The minimum atomic E-state index is -2.97. The summed E-state index contributed by atoms with van der Waals surface area (Å²) >= 11 is 13.0. The molecule has 0 saturated carbocycles. The summed E-state index contributed by atoms with van der Waals surface area (Å²) < 4.78 is 22.7. The molecular weight excluding hydrogens is 403 g/mol. The molecule has 0 atom stereocenters. The molecule has 0 aliphatic rings. The van der Waals surface area contributed by atoms with Crippen molar-refractivity contribution in [3.8, 4) is 0 Å². The lowest BCUT2D eigenvalue weighted by Gasteiger charge is -2.30. The van der Waals surface area contributed by atoms with Crippen LogP contribution < -0.4 is 0 Å². The van der Waals surface area contributed by atoms with Gasteiger partial charge in [0.05, 0.1) is 5.75 Å². The number of hydrogen-bond donors (Lipinski definition) is 0. The van der Waals surface area contributed by atoms with Gasteiger partial charge < -0.3 is 0 Å². The van der Waals surface area contributed by atoms with Crippen molar-refractivity contribution in [1.29, 1.82) is 0 Å². The van der Waals surface area contributed by atoms with Crippen LogP contribution in [0.1, 0.15) is 12.0 Å². The topological polar surface area (TPSA) is 34.1 Å². The van der Waals surface area contributed by atoms with E-state index in [1.807, 2.05) is 24.3 Å². The summed E-state index contributed by atoms with van der Waals surface area (Å²) in [5.74, 6) is 0.163. The van der Waals surface area contributed by atoms with Gasteiger partial charge in [0.1, 0.15) is 9.84 Å². The van der Waals surface area contributed by atoms with Gasteiger partial charge in [0.2, 0.25) is 0 Å². The highest BCUT2D eigenvalue weighted by molar-refractivity contribution is 9.09. The fraction of sp³-hybridized carbons (Fsp3) is 0.500. The molecule has 6 heteroatoms. The number of alkyl halides is 2. The number of rotatable bonds is 6. The van der Waals surface area contributed by atoms with Gasteiger partial charge in [0, 0.05) is 27.4 Å². The van der Waals surface area contributed by atoms with E-state index in [4.69, 9.17) is 11.6 Å². The van der Waals surface area contributed by atoms with Gasteiger partial charge >= 0.3 is 0 Å². The molecule has 0 N–H and O–H groups in total. The van der Waals surface area contributed by atoms with E-state index in [9.17, 15) is 8.42 Å². The lowest BCUT2D eigenvalue weighted by Crippen LogP contribution is -2.32. The zero-order valence-electron chi connectivity index (χ0n) is 10.00. The molecule has 0 saturated heterocycles. The van der Waals surface area contributed by atoms with Crippen molar-refractivity contribution in [2.75, 3.05) is 22.7 Å². The molecule has 0 bridgehead atoms. The van der Waals surface area contributed by atoms with Gasteiger partial charge in [0.25, 0.3) is 0 Å². The quantitative estimate of drug-likeness (QED) is 0.659. The molecule has 2 nitrogen and oxygen atoms in total. The molecule has 0 spiro atoms. The maximum Gasteiger partial charge on any atom is 0.147 e. The average molecular weight is 419 g/mol. The minimum Gasteiger partial charge on any atom is -0.229 e. The van der Waals surface area contributed by atoms with Crippen LogP contribution in [0.3, 0.4) is 0 Å². The average Bonchev–Trinajstić information content (AvgIpc) is 2.30. The van der Waals surface area contributed by atoms with Gasteiger partial charge in [-0.3, -0.25) is 0 Å². The molecule has 0 aliphatic heterocycles. The SMILES string of the molecule is CS(=O)(=O)CCC(CBr)(CBr)c1cccc(Cl)c1. The number of sulfone groups is 1. The first kappa shape index (κ1) is 16.5. The molecule has 18 heavy (non-hydrogen) atoms. The Kier molecular flexibility index (Phi) is 6.16. The monoisotopic (exact) mass is 416 g/mol. The second kappa shape index (κ2) is 6.73. The second-order valence-corrected chi connectivity index (χ2v) is 8.26. The first-order valence-corrected chi connectivity index (χ1v) is 10.1. The van der Waals surface area contributed by atoms with Crippen LogP contribution in [0.2, 0.25) is 5.02 Å². The number of halogens is 3. The van der Waals surface area contributed by atoms with E-state index in [0.29, 0.717) is 22.1 Å². The molecule has 0 heterocycles. The van der Waals surface area contributed by atoms with E-state index in [1.54, 1.807) is 0 Å². The van der Waals surface area contributed by atoms with Crippen LogP contribution in [0.5, 0.6) is 0 Å². The molecule has 102 valence electrons. The molecule has 0 aliphatic carbocycles. The zero-order valence-corrected chi connectivity index (χ0v) is 14.7. The van der Waals surface area contributed by atoms with Crippen molar-refractivity contribution in [3.05, 3.63) is 34.9 Å². The first-order chi connectivity index (χ1) is 8.33. The Morgan fingerprint density at radius 1 is 1.28 bits per heavy atom. The Balaban J connectivity index is 3.07. The standard InChI is InChI=1S/C12H15Br2ClO2S/c1-18(16,17)6-5-12(8-13,9-14)10-3-2-4-11(15)7-10/h2-4,7H,5-6,8-9H2,1H3. The van der Waals surface area contributed by atoms with Crippen molar-refractivity contribution in [2.45, 2.75) is 11.8 Å². The predicted molar refractivity (Wildman–Crippen MR) is 85.0 cm³/mol. The minimum absolute atomic E-state index is 0.163. The summed E-state index contributed by atoms with van der Waals surface area (Å²) in [6.07, 6.45) is 1.82. The third-order valence-electron chi connectivity index (χ3n) is 2.90. The summed E-state index contributed by atoms with van der Waals surface area (Å²) in [6.45, 7) is 0. The van der Waals surface area contributed by atoms with Gasteiger partial charge in [-0.2, -0.15) is 0 Å². The zero-order chi connectivity index (χ0) is 13.8. The van der Waals surface area contributed by atoms with Crippen molar-refractivity contribution < 1.29 is 8.42 Å². The molecule has 0 amide bonds. The maximum atomic E-state index is 11.4. The molecule has 1 aromatic rings. The summed E-state index contributed by atoms with van der Waals surface area (Å²) in [6, 6.07) is 7.58. The molecule has 0 fully saturated rings. The third-order valence-corrected chi connectivity index (χ3v) is 6.23. The highest BCUT2D eigenvalue weighted by Crippen LogP contribution is 2.34. The van der Waals surface area contributed by atoms with E-state index >= 15 is 0 Å². The van der Waals surface area contributed by atoms with Gasteiger partial charge in [-0.05, 0) is 24.1 Å². The molecule has 0 radical (unpaired) electrons. The molecule has 0 aromatic heterocycles. The fourth-order valence-electron chi connectivity index (χ4n) is 1.67. The van der Waals surface area contributed by atoms with Crippen molar-refractivity contribution in [1.82, 2.24) is 0 Å². The highest BCUT2D eigenvalue weighted by Gasteiger charge is 2.31. The van der Waals surface area contributed by atoms with Gasteiger partial charge in [-0.1, -0.05) is 55.6 Å². The van der Waals surface area contributed by atoms with E-state index < -0.39 is 9.84 Å². The Morgan fingerprint density at radius 3 is 2.33 bits per heavy atom. The summed E-state index contributed by atoms with van der Waals surface area (Å²) in [7, 11) is -2.97. The van der Waals surface area contributed by atoms with Crippen LogP contribution in [-0.4, -0.2) is 31.1 Å². The lowest BCUT2D eigenvalue weighted by atomic mass is 9.82. The van der Waals surface area contributed by atoms with Gasteiger partial charge in [-0.25, -0.2) is 8.42 Å². The Morgan fingerprint density at radius 2 is 1.89 bits per heavy atom. The second-order valence-electron chi connectivity index (χ2n) is 4.44. The lowest BCUT2D eigenvalue weighted by molar-refractivity contribution is 0.524. The van der Waals surface area contributed by atoms with Crippen LogP contribution in [0.4, 0.5) is 0 Å². The van der Waals surface area contributed by atoms with Crippen molar-refractivity contribution >= 4 is 53.3 Å². The Labute approximate surface area is 130 Å². The predicted octanol–water partition coefficient (Wildman–Crippen LogP) is 3.80. The van der Waals surface area contributed by atoms with Crippen LogP contribution in [-0.2, 0) is 15.3 Å².